The fourth-order valence-electron chi connectivity index (χ4n) is 0.826. The van der Waals surface area contributed by atoms with Crippen LogP contribution >= 0.6 is 0 Å². The Bertz CT molecular complexity index is 295. The molecule has 0 rings (SSSR count). The predicted molar refractivity (Wildman–Crippen MR) is 69.6 cm³/mol. The van der Waals surface area contributed by atoms with Crippen LogP contribution in [0.1, 0.15) is 27.7 Å². The van der Waals surface area contributed by atoms with Crippen molar-refractivity contribution >= 4 is 11.9 Å². The van der Waals surface area contributed by atoms with Gasteiger partial charge in [-0.25, -0.2) is 4.79 Å². The Hall–Kier alpha value is -1.58. The number of rotatable bonds is 5. The lowest BCUT2D eigenvalue weighted by Gasteiger charge is -2.16. The number of likely N-dealkylation sites (N-methyl/N-ethyl adjacent to an activating group) is 1. The monoisotopic (exact) mass is 241 g/mol. The molecule has 0 aromatic heterocycles. The molecule has 0 bridgehead atoms. The molecule has 0 N–H and O–H groups in total. The van der Waals surface area contributed by atoms with Gasteiger partial charge >= 0.3 is 5.97 Å². The van der Waals surface area contributed by atoms with E-state index in [1.165, 1.54) is 4.90 Å². The molecular formula is C13H23NO3. The number of carbonyl (C=O) groups excluding carboxylic acids is 2. The molecule has 0 aromatic carbocycles. The molecule has 0 radical (unpaired) electrons. The van der Waals surface area contributed by atoms with Crippen molar-refractivity contribution in [1.82, 2.24) is 4.90 Å². The van der Waals surface area contributed by atoms with Gasteiger partial charge < -0.3 is 9.64 Å². The van der Waals surface area contributed by atoms with Crippen LogP contribution in [0.15, 0.2) is 24.3 Å². The molecule has 0 aliphatic heterocycles. The molecule has 0 aromatic rings. The van der Waals surface area contributed by atoms with Gasteiger partial charge in [0.1, 0.15) is 6.61 Å². The highest BCUT2D eigenvalue weighted by Crippen LogP contribution is 1.97. The highest BCUT2D eigenvalue weighted by atomic mass is 16.5. The number of hydrogen-bond donors (Lipinski definition) is 0. The maximum absolute atomic E-state index is 11.3. The lowest BCUT2D eigenvalue weighted by Crippen LogP contribution is -2.31. The van der Waals surface area contributed by atoms with Crippen LogP contribution in [0.2, 0.25) is 0 Å². The van der Waals surface area contributed by atoms with E-state index < -0.39 is 5.97 Å². The summed E-state index contributed by atoms with van der Waals surface area (Å²) in [6, 6.07) is 0. The highest BCUT2D eigenvalue weighted by molar-refractivity contribution is 5.92. The first-order valence-corrected chi connectivity index (χ1v) is 5.60. The van der Waals surface area contributed by atoms with Crippen molar-refractivity contribution in [2.75, 3.05) is 20.2 Å². The van der Waals surface area contributed by atoms with E-state index in [9.17, 15) is 9.59 Å². The number of hydrogen-bond acceptors (Lipinski definition) is 3. The number of carbonyl (C=O) groups is 2. The number of nitrogens with zero attached hydrogens (tertiary/aromatic N) is 1. The molecule has 4 heteroatoms. The first-order chi connectivity index (χ1) is 7.86. The summed E-state index contributed by atoms with van der Waals surface area (Å²) in [7, 11) is 1.63. The molecule has 4 nitrogen and oxygen atoms in total. The Morgan fingerprint density at radius 1 is 1.12 bits per heavy atom. The molecule has 0 aliphatic rings. The van der Waals surface area contributed by atoms with Gasteiger partial charge in [-0.2, -0.15) is 0 Å². The molecule has 0 aliphatic carbocycles. The number of ether oxygens (including phenoxy) is 1. The van der Waals surface area contributed by atoms with Gasteiger partial charge in [0.15, 0.2) is 0 Å². The minimum atomic E-state index is -0.439. The first-order valence-electron chi connectivity index (χ1n) is 5.60. The van der Waals surface area contributed by atoms with Gasteiger partial charge in [-0.3, -0.25) is 4.79 Å². The molecule has 0 fully saturated rings. The molecule has 0 atom stereocenters. The molecule has 0 spiro atoms. The largest absolute Gasteiger partial charge is 0.460 e. The van der Waals surface area contributed by atoms with Crippen LogP contribution in [0.25, 0.3) is 0 Å². The van der Waals surface area contributed by atoms with E-state index in [1.807, 2.05) is 13.8 Å². The highest BCUT2D eigenvalue weighted by Gasteiger charge is 2.09. The van der Waals surface area contributed by atoms with Gasteiger partial charge in [0.05, 0.1) is 6.54 Å². The van der Waals surface area contributed by atoms with Gasteiger partial charge in [0, 0.05) is 18.2 Å². The van der Waals surface area contributed by atoms with Gasteiger partial charge in [0.2, 0.25) is 5.91 Å². The van der Waals surface area contributed by atoms with Crippen LogP contribution in [-0.4, -0.2) is 37.0 Å². The second-order valence-corrected chi connectivity index (χ2v) is 3.42. The normalized spacial score (nSPS) is 8.53. The molecule has 17 heavy (non-hydrogen) atoms. The fraction of sp³-hybridized carbons (Fsp3) is 0.538. The third kappa shape index (κ3) is 8.25. The number of esters is 1. The summed E-state index contributed by atoms with van der Waals surface area (Å²) in [5.74, 6) is -0.590. The van der Waals surface area contributed by atoms with Crippen molar-refractivity contribution in [3.63, 3.8) is 0 Å². The summed E-state index contributed by atoms with van der Waals surface area (Å²) >= 11 is 0. The molecule has 98 valence electrons. The standard InChI is InChI=1S/C11H17NO3.C2H6/c1-8(2)10(13)12(5)6-7-15-11(14)9(3)4;1-2/h1,3,6-7H2,2,4-5H3;1-2H3. The summed E-state index contributed by atoms with van der Waals surface area (Å²) in [6.45, 7) is 14.7. The lowest BCUT2D eigenvalue weighted by atomic mass is 10.3. The van der Waals surface area contributed by atoms with Crippen LogP contribution in [0.3, 0.4) is 0 Å². The zero-order valence-corrected chi connectivity index (χ0v) is 11.5. The van der Waals surface area contributed by atoms with Crippen molar-refractivity contribution in [2.45, 2.75) is 27.7 Å². The Morgan fingerprint density at radius 2 is 1.59 bits per heavy atom. The molecule has 1 amide bonds. The van der Waals surface area contributed by atoms with Crippen LogP contribution in [0, 0.1) is 0 Å². The van der Waals surface area contributed by atoms with E-state index in [1.54, 1.807) is 20.9 Å². The average molecular weight is 241 g/mol. The zero-order valence-electron chi connectivity index (χ0n) is 11.5. The smallest absolute Gasteiger partial charge is 0.333 e. The fourth-order valence-corrected chi connectivity index (χ4v) is 0.826. The molecule has 0 saturated carbocycles. The summed E-state index contributed by atoms with van der Waals surface area (Å²) in [4.78, 5) is 23.8. The summed E-state index contributed by atoms with van der Waals surface area (Å²) in [6.07, 6.45) is 0. The zero-order chi connectivity index (χ0) is 14.0. The third-order valence-electron chi connectivity index (χ3n) is 1.72. The second kappa shape index (κ2) is 9.63. The van der Waals surface area contributed by atoms with Crippen molar-refractivity contribution < 1.29 is 14.3 Å². The predicted octanol–water partition coefficient (Wildman–Crippen LogP) is 2.17. The van der Waals surface area contributed by atoms with Crippen molar-refractivity contribution in [2.24, 2.45) is 0 Å². The summed E-state index contributed by atoms with van der Waals surface area (Å²) in [5.41, 5.74) is 0.813. The maximum atomic E-state index is 11.3. The Labute approximate surface area is 104 Å². The summed E-state index contributed by atoms with van der Waals surface area (Å²) in [5, 5.41) is 0. The van der Waals surface area contributed by atoms with Crippen molar-refractivity contribution in [1.29, 1.82) is 0 Å². The van der Waals surface area contributed by atoms with Crippen molar-refractivity contribution in [3.05, 3.63) is 24.3 Å². The number of amides is 1. The van der Waals surface area contributed by atoms with Gasteiger partial charge in [-0.15, -0.1) is 0 Å². The van der Waals surface area contributed by atoms with E-state index in [4.69, 9.17) is 4.74 Å². The SMILES string of the molecule is C=C(C)C(=O)OCCN(C)C(=O)C(=C)C.CC. The Morgan fingerprint density at radius 3 is 1.94 bits per heavy atom. The first kappa shape index (κ1) is 17.8. The molecule has 0 saturated heterocycles. The topological polar surface area (TPSA) is 46.6 Å². The van der Waals surface area contributed by atoms with Gasteiger partial charge in [-0.05, 0) is 13.8 Å². The van der Waals surface area contributed by atoms with Crippen LogP contribution in [0.5, 0.6) is 0 Å². The van der Waals surface area contributed by atoms with Crippen molar-refractivity contribution in [3.8, 4) is 0 Å². The van der Waals surface area contributed by atoms with E-state index in [0.717, 1.165) is 0 Å². The third-order valence-corrected chi connectivity index (χ3v) is 1.72. The summed E-state index contributed by atoms with van der Waals surface area (Å²) < 4.78 is 4.84. The minimum absolute atomic E-state index is 0.152. The van der Waals surface area contributed by atoms with Crippen LogP contribution < -0.4 is 0 Å². The van der Waals surface area contributed by atoms with Gasteiger partial charge in [0.25, 0.3) is 0 Å². The Kier molecular flexibility index (Phi) is 10.1. The van der Waals surface area contributed by atoms with E-state index >= 15 is 0 Å². The molecule has 0 heterocycles. The van der Waals surface area contributed by atoms with Crippen LogP contribution in [0.4, 0.5) is 0 Å². The second-order valence-electron chi connectivity index (χ2n) is 3.42. The molecule has 0 unspecified atom stereocenters. The average Bonchev–Trinajstić information content (AvgIpc) is 2.29. The van der Waals surface area contributed by atoms with Crippen LogP contribution in [-0.2, 0) is 14.3 Å². The maximum Gasteiger partial charge on any atom is 0.333 e. The Balaban J connectivity index is 0. The quantitative estimate of drug-likeness (QED) is 0.547. The van der Waals surface area contributed by atoms with E-state index in [-0.39, 0.29) is 12.5 Å². The lowest BCUT2D eigenvalue weighted by molar-refractivity contribution is -0.140. The van der Waals surface area contributed by atoms with Gasteiger partial charge in [-0.1, -0.05) is 27.0 Å². The minimum Gasteiger partial charge on any atom is -0.460 e. The van der Waals surface area contributed by atoms with E-state index in [2.05, 4.69) is 13.2 Å². The molecular weight excluding hydrogens is 218 g/mol. The van der Waals surface area contributed by atoms with E-state index in [0.29, 0.717) is 17.7 Å².